The number of β-lactam (4-membered cyclic amide) rings is 1. The predicted octanol–water partition coefficient (Wildman–Crippen LogP) is 4.84. The van der Waals surface area contributed by atoms with Crippen LogP contribution in [-0.2, 0) is 9.59 Å². The molecule has 4 rings (SSSR count). The number of carbonyl (C=O) groups is 2. The van der Waals surface area contributed by atoms with Gasteiger partial charge in [-0.2, -0.15) is 0 Å². The maximum atomic E-state index is 13.2. The number of nitrogens with zero attached hydrogens (tertiary/aromatic N) is 1. The SMILES string of the molecule is COc1ccc(N2C(=O)C(CCC(O)c3ccccc3)C2c2ccc(OC(C)=O)cc2)cc1. The monoisotopic (exact) mass is 445 g/mol. The van der Waals surface area contributed by atoms with Crippen LogP contribution in [0.2, 0.25) is 0 Å². The number of ether oxygens (including phenoxy) is 2. The highest BCUT2D eigenvalue weighted by Gasteiger charge is 2.48. The number of rotatable bonds is 8. The van der Waals surface area contributed by atoms with Gasteiger partial charge in [0.2, 0.25) is 5.91 Å². The Morgan fingerprint density at radius 3 is 2.21 bits per heavy atom. The second kappa shape index (κ2) is 9.88. The molecule has 1 heterocycles. The average Bonchev–Trinajstić information content (AvgIpc) is 2.83. The third kappa shape index (κ3) is 4.91. The fourth-order valence-corrected chi connectivity index (χ4v) is 4.32. The van der Waals surface area contributed by atoms with E-state index in [0.29, 0.717) is 18.6 Å². The smallest absolute Gasteiger partial charge is 0.308 e. The van der Waals surface area contributed by atoms with Crippen LogP contribution in [0.15, 0.2) is 78.9 Å². The van der Waals surface area contributed by atoms with E-state index in [-0.39, 0.29) is 23.8 Å². The van der Waals surface area contributed by atoms with Crippen LogP contribution in [0.5, 0.6) is 11.5 Å². The Kier molecular flexibility index (Phi) is 6.75. The molecule has 3 aromatic rings. The number of anilines is 1. The van der Waals surface area contributed by atoms with Gasteiger partial charge in [-0.25, -0.2) is 0 Å². The number of aliphatic hydroxyl groups is 1. The number of aliphatic hydroxyl groups excluding tert-OH is 1. The van der Waals surface area contributed by atoms with Gasteiger partial charge in [0, 0.05) is 12.6 Å². The summed E-state index contributed by atoms with van der Waals surface area (Å²) in [7, 11) is 1.60. The number of amides is 1. The Balaban J connectivity index is 1.56. The van der Waals surface area contributed by atoms with Gasteiger partial charge in [-0.1, -0.05) is 42.5 Å². The van der Waals surface area contributed by atoms with E-state index < -0.39 is 6.10 Å². The predicted molar refractivity (Wildman–Crippen MR) is 125 cm³/mol. The lowest BCUT2D eigenvalue weighted by atomic mass is 9.78. The number of benzene rings is 3. The van der Waals surface area contributed by atoms with Crippen molar-refractivity contribution in [3.63, 3.8) is 0 Å². The molecule has 33 heavy (non-hydrogen) atoms. The summed E-state index contributed by atoms with van der Waals surface area (Å²) >= 11 is 0. The fourth-order valence-electron chi connectivity index (χ4n) is 4.32. The minimum absolute atomic E-state index is 0.0227. The average molecular weight is 446 g/mol. The Labute approximate surface area is 193 Å². The minimum Gasteiger partial charge on any atom is -0.497 e. The summed E-state index contributed by atoms with van der Waals surface area (Å²) in [6.45, 7) is 1.36. The van der Waals surface area contributed by atoms with E-state index in [1.54, 1.807) is 24.1 Å². The number of carbonyl (C=O) groups excluding carboxylic acids is 2. The van der Waals surface area contributed by atoms with Gasteiger partial charge < -0.3 is 19.5 Å². The quantitative estimate of drug-likeness (QED) is 0.305. The molecule has 0 saturated carbocycles. The molecule has 0 aromatic heterocycles. The van der Waals surface area contributed by atoms with Gasteiger partial charge in [0.15, 0.2) is 0 Å². The van der Waals surface area contributed by atoms with Crippen molar-refractivity contribution in [1.82, 2.24) is 0 Å². The maximum absolute atomic E-state index is 13.2. The molecule has 0 radical (unpaired) electrons. The van der Waals surface area contributed by atoms with E-state index >= 15 is 0 Å². The first kappa shape index (κ1) is 22.6. The van der Waals surface area contributed by atoms with Gasteiger partial charge >= 0.3 is 5.97 Å². The topological polar surface area (TPSA) is 76.1 Å². The summed E-state index contributed by atoms with van der Waals surface area (Å²) in [5.41, 5.74) is 2.58. The Morgan fingerprint density at radius 2 is 1.61 bits per heavy atom. The minimum atomic E-state index is -0.624. The van der Waals surface area contributed by atoms with Gasteiger partial charge in [-0.15, -0.1) is 0 Å². The third-order valence-corrected chi connectivity index (χ3v) is 5.98. The molecule has 0 aliphatic carbocycles. The van der Waals surface area contributed by atoms with Crippen molar-refractivity contribution in [3.8, 4) is 11.5 Å². The molecule has 0 bridgehead atoms. The van der Waals surface area contributed by atoms with Crippen LogP contribution in [0, 0.1) is 5.92 Å². The molecule has 0 spiro atoms. The van der Waals surface area contributed by atoms with Crippen molar-refractivity contribution in [1.29, 1.82) is 0 Å². The van der Waals surface area contributed by atoms with Crippen LogP contribution in [0.25, 0.3) is 0 Å². The van der Waals surface area contributed by atoms with E-state index in [0.717, 1.165) is 22.6 Å². The van der Waals surface area contributed by atoms with Gasteiger partial charge in [-0.3, -0.25) is 9.59 Å². The van der Waals surface area contributed by atoms with Gasteiger partial charge in [0.25, 0.3) is 0 Å². The molecule has 3 unspecified atom stereocenters. The molecular weight excluding hydrogens is 418 g/mol. The summed E-state index contributed by atoms with van der Waals surface area (Å²) in [5, 5.41) is 10.6. The zero-order valence-corrected chi connectivity index (χ0v) is 18.7. The number of esters is 1. The molecule has 170 valence electrons. The molecule has 6 heteroatoms. The molecule has 3 aromatic carbocycles. The van der Waals surface area contributed by atoms with Crippen molar-refractivity contribution in [2.24, 2.45) is 5.92 Å². The first-order valence-corrected chi connectivity index (χ1v) is 11.0. The van der Waals surface area contributed by atoms with Crippen molar-refractivity contribution in [2.75, 3.05) is 12.0 Å². The number of methoxy groups -OCH3 is 1. The van der Waals surface area contributed by atoms with E-state index in [4.69, 9.17) is 9.47 Å². The largest absolute Gasteiger partial charge is 0.497 e. The number of hydrogen-bond donors (Lipinski definition) is 1. The lowest BCUT2D eigenvalue weighted by Gasteiger charge is -2.48. The molecule has 1 aliphatic heterocycles. The molecule has 1 N–H and O–H groups in total. The van der Waals surface area contributed by atoms with E-state index in [2.05, 4.69) is 0 Å². The molecule has 6 nitrogen and oxygen atoms in total. The van der Waals surface area contributed by atoms with Crippen molar-refractivity contribution < 1.29 is 24.2 Å². The second-order valence-electron chi connectivity index (χ2n) is 8.12. The van der Waals surface area contributed by atoms with E-state index in [9.17, 15) is 14.7 Å². The normalized spacial score (nSPS) is 18.4. The summed E-state index contributed by atoms with van der Waals surface area (Å²) in [4.78, 5) is 26.2. The maximum Gasteiger partial charge on any atom is 0.308 e. The molecule has 1 saturated heterocycles. The van der Waals surface area contributed by atoms with Gasteiger partial charge in [0.1, 0.15) is 11.5 Å². The summed E-state index contributed by atoms with van der Waals surface area (Å²) in [6, 6.07) is 23.9. The highest BCUT2D eigenvalue weighted by molar-refractivity contribution is 6.03. The van der Waals surface area contributed by atoms with Crippen LogP contribution >= 0.6 is 0 Å². The van der Waals surface area contributed by atoms with Crippen LogP contribution in [0.4, 0.5) is 5.69 Å². The van der Waals surface area contributed by atoms with Gasteiger partial charge in [0.05, 0.1) is 25.2 Å². The molecule has 3 atom stereocenters. The van der Waals surface area contributed by atoms with Crippen LogP contribution in [-0.4, -0.2) is 24.1 Å². The lowest BCUT2D eigenvalue weighted by molar-refractivity contribution is -0.132. The first-order valence-electron chi connectivity index (χ1n) is 11.0. The van der Waals surface area contributed by atoms with Crippen molar-refractivity contribution >= 4 is 17.6 Å². The Morgan fingerprint density at radius 1 is 0.970 bits per heavy atom. The van der Waals surface area contributed by atoms with E-state index in [1.807, 2.05) is 66.7 Å². The second-order valence-corrected chi connectivity index (χ2v) is 8.12. The first-order chi connectivity index (χ1) is 16.0. The van der Waals surface area contributed by atoms with Crippen LogP contribution in [0.1, 0.15) is 43.0 Å². The number of hydrogen-bond acceptors (Lipinski definition) is 5. The standard InChI is InChI=1S/C27H27NO5/c1-18(29)33-23-12-8-20(9-13-23)26-24(16-17-25(30)19-6-4-3-5-7-19)27(31)28(26)21-10-14-22(32-2)15-11-21/h3-15,24-26,30H,16-17H2,1-2H3. The summed E-state index contributed by atoms with van der Waals surface area (Å²) in [5.74, 6) is 0.564. The summed E-state index contributed by atoms with van der Waals surface area (Å²) in [6.07, 6.45) is 0.414. The molecule has 1 amide bonds. The molecule has 1 fully saturated rings. The van der Waals surface area contributed by atoms with Gasteiger partial charge in [-0.05, 0) is 60.4 Å². The highest BCUT2D eigenvalue weighted by Crippen LogP contribution is 2.46. The van der Waals surface area contributed by atoms with Crippen molar-refractivity contribution in [3.05, 3.63) is 90.0 Å². The van der Waals surface area contributed by atoms with E-state index in [1.165, 1.54) is 6.92 Å². The Hall–Kier alpha value is -3.64. The zero-order chi connectivity index (χ0) is 23.4. The summed E-state index contributed by atoms with van der Waals surface area (Å²) < 4.78 is 10.4. The molecular formula is C27H27NO5. The van der Waals surface area contributed by atoms with Crippen molar-refractivity contribution in [2.45, 2.75) is 31.9 Å². The fraction of sp³-hybridized carbons (Fsp3) is 0.259. The highest BCUT2D eigenvalue weighted by atomic mass is 16.5. The molecule has 1 aliphatic rings. The van der Waals surface area contributed by atoms with Crippen LogP contribution < -0.4 is 14.4 Å². The Bertz CT molecular complexity index is 1100. The third-order valence-electron chi connectivity index (χ3n) is 5.98. The van der Waals surface area contributed by atoms with Crippen LogP contribution in [0.3, 0.4) is 0 Å². The zero-order valence-electron chi connectivity index (χ0n) is 18.7. The lowest BCUT2D eigenvalue weighted by Crippen LogP contribution is -2.55.